The number of rotatable bonds is 4. The standard InChI is InChI=1S/C17H12BrN5OS/c18-14-4-2-1-3-13(14)15(24)19-9-11-5-7-12(8-6-11)16-22-23-10-20-21-17(23)25-16/h1-8,10H,9H2,(H,19,24). The van der Waals surface area contributed by atoms with Crippen LogP contribution in [0.4, 0.5) is 0 Å². The number of carbonyl (C=O) groups is 1. The summed E-state index contributed by atoms with van der Waals surface area (Å²) in [6.07, 6.45) is 1.58. The fraction of sp³-hybridized carbons (Fsp3) is 0.0588. The molecule has 6 nitrogen and oxygen atoms in total. The van der Waals surface area contributed by atoms with E-state index < -0.39 is 0 Å². The molecule has 0 bridgehead atoms. The highest BCUT2D eigenvalue weighted by Crippen LogP contribution is 2.24. The first-order chi connectivity index (χ1) is 12.2. The maximum atomic E-state index is 12.2. The quantitative estimate of drug-likeness (QED) is 0.555. The number of carbonyl (C=O) groups excluding carboxylic acids is 1. The Hall–Kier alpha value is -2.58. The third-order valence-electron chi connectivity index (χ3n) is 3.66. The van der Waals surface area contributed by atoms with Crippen molar-refractivity contribution in [2.24, 2.45) is 0 Å². The van der Waals surface area contributed by atoms with Crippen molar-refractivity contribution in [3.05, 3.63) is 70.5 Å². The van der Waals surface area contributed by atoms with E-state index in [0.717, 1.165) is 25.6 Å². The molecule has 0 aliphatic heterocycles. The molecule has 2 heterocycles. The van der Waals surface area contributed by atoms with E-state index in [1.54, 1.807) is 16.9 Å². The van der Waals surface area contributed by atoms with Crippen LogP contribution in [0.5, 0.6) is 0 Å². The van der Waals surface area contributed by atoms with E-state index in [0.29, 0.717) is 12.1 Å². The average Bonchev–Trinajstić information content (AvgIpc) is 3.22. The average molecular weight is 414 g/mol. The van der Waals surface area contributed by atoms with Gasteiger partial charge in [0.25, 0.3) is 5.91 Å². The molecule has 0 saturated carbocycles. The third kappa shape index (κ3) is 3.31. The van der Waals surface area contributed by atoms with Crippen LogP contribution < -0.4 is 5.32 Å². The molecule has 0 radical (unpaired) electrons. The van der Waals surface area contributed by atoms with Gasteiger partial charge in [0, 0.05) is 16.6 Å². The zero-order valence-corrected chi connectivity index (χ0v) is 15.3. The van der Waals surface area contributed by atoms with Gasteiger partial charge in [0.1, 0.15) is 11.3 Å². The SMILES string of the molecule is O=C(NCc1ccc(-c2nn3cnnc3s2)cc1)c1ccccc1Br. The molecule has 1 N–H and O–H groups in total. The number of nitrogens with zero attached hydrogens (tertiary/aromatic N) is 4. The van der Waals surface area contributed by atoms with Crippen LogP contribution in [0.25, 0.3) is 15.5 Å². The highest BCUT2D eigenvalue weighted by molar-refractivity contribution is 9.10. The van der Waals surface area contributed by atoms with Crippen LogP contribution in [0.1, 0.15) is 15.9 Å². The molecule has 0 spiro atoms. The predicted octanol–water partition coefficient (Wildman–Crippen LogP) is 3.55. The summed E-state index contributed by atoms with van der Waals surface area (Å²) in [6, 6.07) is 15.3. The number of halogens is 1. The van der Waals surface area contributed by atoms with E-state index in [4.69, 9.17) is 0 Å². The summed E-state index contributed by atoms with van der Waals surface area (Å²) in [4.78, 5) is 13.0. The Bertz CT molecular complexity index is 1010. The van der Waals surface area contributed by atoms with Crippen molar-refractivity contribution in [3.63, 3.8) is 0 Å². The van der Waals surface area contributed by atoms with E-state index in [9.17, 15) is 4.79 Å². The molecule has 25 heavy (non-hydrogen) atoms. The lowest BCUT2D eigenvalue weighted by molar-refractivity contribution is 0.0950. The highest BCUT2D eigenvalue weighted by atomic mass is 79.9. The molecule has 0 aliphatic carbocycles. The van der Waals surface area contributed by atoms with E-state index >= 15 is 0 Å². The minimum atomic E-state index is -0.106. The monoisotopic (exact) mass is 413 g/mol. The molecule has 2 aromatic carbocycles. The lowest BCUT2D eigenvalue weighted by Crippen LogP contribution is -2.23. The van der Waals surface area contributed by atoms with Gasteiger partial charge < -0.3 is 5.32 Å². The van der Waals surface area contributed by atoms with Gasteiger partial charge in [0.2, 0.25) is 4.96 Å². The normalized spacial score (nSPS) is 10.9. The van der Waals surface area contributed by atoms with Gasteiger partial charge in [0.15, 0.2) is 0 Å². The Kier molecular flexibility index (Phi) is 4.29. The molecule has 4 aromatic rings. The van der Waals surface area contributed by atoms with Crippen LogP contribution in [0.2, 0.25) is 0 Å². The molecule has 0 saturated heterocycles. The molecule has 4 rings (SSSR count). The summed E-state index contributed by atoms with van der Waals surface area (Å²) < 4.78 is 2.44. The molecule has 0 unspecified atom stereocenters. The Morgan fingerprint density at radius 1 is 1.16 bits per heavy atom. The Morgan fingerprint density at radius 3 is 2.72 bits per heavy atom. The maximum Gasteiger partial charge on any atom is 0.252 e. The second kappa shape index (κ2) is 6.73. The Labute approximate surface area is 155 Å². The summed E-state index contributed by atoms with van der Waals surface area (Å²) in [7, 11) is 0. The number of hydrogen-bond acceptors (Lipinski definition) is 5. The van der Waals surface area contributed by atoms with E-state index in [2.05, 4.69) is 36.5 Å². The van der Waals surface area contributed by atoms with Crippen LogP contribution in [-0.4, -0.2) is 25.7 Å². The van der Waals surface area contributed by atoms with Gasteiger partial charge in [-0.05, 0) is 33.6 Å². The minimum absolute atomic E-state index is 0.106. The molecule has 0 fully saturated rings. The van der Waals surface area contributed by atoms with Crippen LogP contribution in [0.15, 0.2) is 59.3 Å². The summed E-state index contributed by atoms with van der Waals surface area (Å²) >= 11 is 4.87. The predicted molar refractivity (Wildman–Crippen MR) is 99.4 cm³/mol. The van der Waals surface area contributed by atoms with E-state index in [1.165, 1.54) is 11.3 Å². The van der Waals surface area contributed by atoms with Crippen LogP contribution in [0, 0.1) is 0 Å². The number of nitrogens with one attached hydrogen (secondary N) is 1. The van der Waals surface area contributed by atoms with Crippen molar-refractivity contribution in [1.29, 1.82) is 0 Å². The van der Waals surface area contributed by atoms with Gasteiger partial charge in [-0.3, -0.25) is 4.79 Å². The lowest BCUT2D eigenvalue weighted by atomic mass is 10.1. The zero-order chi connectivity index (χ0) is 17.2. The first-order valence-corrected chi connectivity index (χ1v) is 9.10. The molecule has 0 atom stereocenters. The van der Waals surface area contributed by atoms with Gasteiger partial charge >= 0.3 is 0 Å². The summed E-state index contributed by atoms with van der Waals surface area (Å²) in [5.74, 6) is -0.106. The van der Waals surface area contributed by atoms with Gasteiger partial charge in [-0.25, -0.2) is 0 Å². The minimum Gasteiger partial charge on any atom is -0.348 e. The second-order valence-electron chi connectivity index (χ2n) is 5.32. The molecule has 1 amide bonds. The number of benzene rings is 2. The number of hydrogen-bond donors (Lipinski definition) is 1. The summed E-state index contributed by atoms with van der Waals surface area (Å²) in [6.45, 7) is 0.464. The maximum absolute atomic E-state index is 12.2. The first-order valence-electron chi connectivity index (χ1n) is 7.49. The van der Waals surface area contributed by atoms with E-state index in [-0.39, 0.29) is 5.91 Å². The first kappa shape index (κ1) is 15.9. The van der Waals surface area contributed by atoms with Crippen molar-refractivity contribution >= 4 is 38.1 Å². The van der Waals surface area contributed by atoms with Crippen molar-refractivity contribution in [2.45, 2.75) is 6.54 Å². The van der Waals surface area contributed by atoms with Crippen molar-refractivity contribution in [2.75, 3.05) is 0 Å². The highest BCUT2D eigenvalue weighted by Gasteiger charge is 2.10. The van der Waals surface area contributed by atoms with E-state index in [1.807, 2.05) is 42.5 Å². The Balaban J connectivity index is 1.44. The number of fused-ring (bicyclic) bond motifs is 1. The van der Waals surface area contributed by atoms with Gasteiger partial charge in [-0.2, -0.15) is 9.61 Å². The summed E-state index contributed by atoms with van der Waals surface area (Å²) in [5, 5.41) is 16.0. The molecular weight excluding hydrogens is 402 g/mol. The lowest BCUT2D eigenvalue weighted by Gasteiger charge is -2.07. The fourth-order valence-corrected chi connectivity index (χ4v) is 3.65. The third-order valence-corrected chi connectivity index (χ3v) is 5.31. The van der Waals surface area contributed by atoms with Crippen molar-refractivity contribution < 1.29 is 4.79 Å². The topological polar surface area (TPSA) is 72.2 Å². The molecule has 0 aliphatic rings. The molecule has 2 aromatic heterocycles. The smallest absolute Gasteiger partial charge is 0.252 e. The van der Waals surface area contributed by atoms with Crippen LogP contribution in [-0.2, 0) is 6.54 Å². The second-order valence-corrected chi connectivity index (χ2v) is 7.14. The number of amides is 1. The molecule has 124 valence electrons. The molecular formula is C17H12BrN5OS. The van der Waals surface area contributed by atoms with Crippen molar-refractivity contribution in [3.8, 4) is 10.6 Å². The summed E-state index contributed by atoms with van der Waals surface area (Å²) in [5.41, 5.74) is 2.65. The number of aromatic nitrogens is 4. The van der Waals surface area contributed by atoms with Crippen molar-refractivity contribution in [1.82, 2.24) is 25.1 Å². The largest absolute Gasteiger partial charge is 0.348 e. The molecule has 8 heteroatoms. The van der Waals surface area contributed by atoms with Crippen LogP contribution in [0.3, 0.4) is 0 Å². The fourth-order valence-electron chi connectivity index (χ4n) is 2.36. The van der Waals surface area contributed by atoms with Crippen LogP contribution >= 0.6 is 27.3 Å². The zero-order valence-electron chi connectivity index (χ0n) is 12.9. The van der Waals surface area contributed by atoms with Gasteiger partial charge in [0.05, 0.1) is 5.56 Å². The van der Waals surface area contributed by atoms with Gasteiger partial charge in [-0.1, -0.05) is 47.7 Å². The van der Waals surface area contributed by atoms with Gasteiger partial charge in [-0.15, -0.1) is 10.2 Å². The Morgan fingerprint density at radius 2 is 1.96 bits per heavy atom.